The Balaban J connectivity index is 3.01. The number of nitrogens with zero attached hydrogens (tertiary/aromatic N) is 1. The highest BCUT2D eigenvalue weighted by Crippen LogP contribution is 2.21. The molecule has 0 saturated carbocycles. The van der Waals surface area contributed by atoms with Crippen LogP contribution in [0.4, 0.5) is 8.78 Å². The van der Waals surface area contributed by atoms with Crippen LogP contribution in [0, 0.1) is 11.6 Å². The van der Waals surface area contributed by atoms with Gasteiger partial charge in [0.15, 0.2) is 11.6 Å². The number of phenols is 1. The maximum Gasteiger partial charge on any atom is 0.162 e. The van der Waals surface area contributed by atoms with Crippen LogP contribution >= 0.6 is 0 Å². The summed E-state index contributed by atoms with van der Waals surface area (Å²) in [6, 6.07) is 1.79. The number of aromatic hydroxyl groups is 1. The van der Waals surface area contributed by atoms with Crippen molar-refractivity contribution in [3.8, 4) is 5.75 Å². The first kappa shape index (κ1) is 9.92. The van der Waals surface area contributed by atoms with Crippen LogP contribution in [0.25, 0.3) is 0 Å². The van der Waals surface area contributed by atoms with Crippen molar-refractivity contribution in [3.63, 3.8) is 0 Å². The molecule has 0 saturated heterocycles. The fraction of sp³-hybridized carbons (Fsp3) is 0.333. The zero-order valence-corrected chi connectivity index (χ0v) is 7.51. The second-order valence-electron chi connectivity index (χ2n) is 3.13. The summed E-state index contributed by atoms with van der Waals surface area (Å²) in [6.45, 7) is 0.378. The molecular weight excluding hydrogens is 176 g/mol. The number of halogens is 2. The highest BCUT2D eigenvalue weighted by Gasteiger charge is 2.09. The van der Waals surface area contributed by atoms with Crippen LogP contribution in [-0.2, 0) is 6.54 Å². The molecule has 0 heterocycles. The van der Waals surface area contributed by atoms with Crippen LogP contribution in [0.15, 0.2) is 12.1 Å². The maximum absolute atomic E-state index is 12.7. The molecule has 0 unspecified atom stereocenters. The van der Waals surface area contributed by atoms with Crippen molar-refractivity contribution in [2.75, 3.05) is 14.1 Å². The average Bonchev–Trinajstić information content (AvgIpc) is 1.99. The molecule has 1 aromatic carbocycles. The van der Waals surface area contributed by atoms with Crippen molar-refractivity contribution in [2.24, 2.45) is 0 Å². The Morgan fingerprint density at radius 2 is 1.77 bits per heavy atom. The SMILES string of the molecule is CN(C)Cc1cc(F)c(F)cc1O. The Morgan fingerprint density at radius 3 is 2.31 bits per heavy atom. The lowest BCUT2D eigenvalue weighted by Gasteiger charge is -2.11. The van der Waals surface area contributed by atoms with E-state index in [9.17, 15) is 13.9 Å². The van der Waals surface area contributed by atoms with Gasteiger partial charge in [-0.2, -0.15) is 0 Å². The van der Waals surface area contributed by atoms with Gasteiger partial charge in [-0.1, -0.05) is 0 Å². The first-order valence-corrected chi connectivity index (χ1v) is 3.82. The minimum absolute atomic E-state index is 0.215. The molecule has 0 aliphatic rings. The third-order valence-corrected chi connectivity index (χ3v) is 1.61. The minimum Gasteiger partial charge on any atom is -0.508 e. The predicted molar refractivity (Wildman–Crippen MR) is 45.4 cm³/mol. The second kappa shape index (κ2) is 3.70. The molecule has 4 heteroatoms. The number of hydrogen-bond donors (Lipinski definition) is 1. The maximum atomic E-state index is 12.7. The normalized spacial score (nSPS) is 10.8. The Kier molecular flexibility index (Phi) is 2.83. The van der Waals surface area contributed by atoms with Gasteiger partial charge in [0.2, 0.25) is 0 Å². The summed E-state index contributed by atoms with van der Waals surface area (Å²) in [6.07, 6.45) is 0. The fourth-order valence-corrected chi connectivity index (χ4v) is 1.04. The molecule has 13 heavy (non-hydrogen) atoms. The zero-order valence-electron chi connectivity index (χ0n) is 7.51. The standard InChI is InChI=1S/C9H11F2NO/c1-12(2)5-6-3-7(10)8(11)4-9(6)13/h3-4,13H,5H2,1-2H3. The van der Waals surface area contributed by atoms with E-state index in [1.165, 1.54) is 0 Å². The van der Waals surface area contributed by atoms with E-state index in [0.29, 0.717) is 12.1 Å². The molecule has 0 amide bonds. The molecule has 0 spiro atoms. The number of hydrogen-bond acceptors (Lipinski definition) is 2. The molecule has 0 atom stereocenters. The molecule has 0 aliphatic carbocycles. The molecule has 0 aromatic heterocycles. The van der Waals surface area contributed by atoms with Gasteiger partial charge >= 0.3 is 0 Å². The summed E-state index contributed by atoms with van der Waals surface area (Å²) < 4.78 is 25.3. The predicted octanol–water partition coefficient (Wildman–Crippen LogP) is 1.73. The summed E-state index contributed by atoms with van der Waals surface area (Å²) in [5.74, 6) is -2.18. The van der Waals surface area contributed by atoms with Gasteiger partial charge in [-0.15, -0.1) is 0 Å². The Labute approximate surface area is 75.4 Å². The lowest BCUT2D eigenvalue weighted by Crippen LogP contribution is -2.11. The third kappa shape index (κ3) is 2.39. The molecule has 1 rings (SSSR count). The second-order valence-corrected chi connectivity index (χ2v) is 3.13. The van der Waals surface area contributed by atoms with Gasteiger partial charge in [0.1, 0.15) is 5.75 Å². The van der Waals surface area contributed by atoms with E-state index < -0.39 is 11.6 Å². The fourth-order valence-electron chi connectivity index (χ4n) is 1.04. The smallest absolute Gasteiger partial charge is 0.162 e. The van der Waals surface area contributed by atoms with Gasteiger partial charge in [-0.05, 0) is 20.2 Å². The molecular formula is C9H11F2NO. The van der Waals surface area contributed by atoms with Crippen LogP contribution in [0.2, 0.25) is 0 Å². The van der Waals surface area contributed by atoms with Crippen LogP contribution in [0.1, 0.15) is 5.56 Å². The summed E-state index contributed by atoms with van der Waals surface area (Å²) in [5.41, 5.74) is 0.379. The Hall–Kier alpha value is -1.16. The van der Waals surface area contributed by atoms with E-state index in [2.05, 4.69) is 0 Å². The highest BCUT2D eigenvalue weighted by molar-refractivity contribution is 5.33. The largest absolute Gasteiger partial charge is 0.508 e. The van der Waals surface area contributed by atoms with Crippen molar-refractivity contribution in [1.29, 1.82) is 0 Å². The van der Waals surface area contributed by atoms with Gasteiger partial charge in [-0.25, -0.2) is 8.78 Å². The van der Waals surface area contributed by atoms with Crippen LogP contribution in [0.5, 0.6) is 5.75 Å². The third-order valence-electron chi connectivity index (χ3n) is 1.61. The lowest BCUT2D eigenvalue weighted by atomic mass is 10.2. The Bertz CT molecular complexity index is 313. The van der Waals surface area contributed by atoms with Crippen molar-refractivity contribution in [3.05, 3.63) is 29.3 Å². The van der Waals surface area contributed by atoms with Gasteiger partial charge in [0.25, 0.3) is 0 Å². The van der Waals surface area contributed by atoms with Crippen molar-refractivity contribution < 1.29 is 13.9 Å². The van der Waals surface area contributed by atoms with E-state index in [-0.39, 0.29) is 5.75 Å². The number of rotatable bonds is 2. The molecule has 1 aromatic rings. The quantitative estimate of drug-likeness (QED) is 0.762. The van der Waals surface area contributed by atoms with Gasteiger partial charge in [0.05, 0.1) is 0 Å². The average molecular weight is 187 g/mol. The van der Waals surface area contributed by atoms with Crippen molar-refractivity contribution >= 4 is 0 Å². The van der Waals surface area contributed by atoms with Crippen LogP contribution in [-0.4, -0.2) is 24.1 Å². The molecule has 0 fully saturated rings. The summed E-state index contributed by atoms with van der Waals surface area (Å²) >= 11 is 0. The zero-order chi connectivity index (χ0) is 10.0. The van der Waals surface area contributed by atoms with Gasteiger partial charge in [-0.3, -0.25) is 0 Å². The van der Waals surface area contributed by atoms with E-state index in [1.807, 2.05) is 0 Å². The molecule has 1 N–H and O–H groups in total. The summed E-state index contributed by atoms with van der Waals surface area (Å²) in [5, 5.41) is 9.23. The molecule has 0 bridgehead atoms. The van der Waals surface area contributed by atoms with E-state index in [1.54, 1.807) is 19.0 Å². The topological polar surface area (TPSA) is 23.5 Å². The van der Waals surface area contributed by atoms with E-state index in [0.717, 1.165) is 12.1 Å². The highest BCUT2D eigenvalue weighted by atomic mass is 19.2. The molecule has 2 nitrogen and oxygen atoms in total. The van der Waals surface area contributed by atoms with Crippen molar-refractivity contribution in [1.82, 2.24) is 4.90 Å². The lowest BCUT2D eigenvalue weighted by molar-refractivity contribution is 0.380. The molecule has 0 aliphatic heterocycles. The summed E-state index contributed by atoms with van der Waals surface area (Å²) in [7, 11) is 3.56. The monoisotopic (exact) mass is 187 g/mol. The van der Waals surface area contributed by atoms with Gasteiger partial charge < -0.3 is 10.0 Å². The molecule has 0 radical (unpaired) electrons. The van der Waals surface area contributed by atoms with Crippen LogP contribution in [0.3, 0.4) is 0 Å². The van der Waals surface area contributed by atoms with E-state index in [4.69, 9.17) is 0 Å². The van der Waals surface area contributed by atoms with E-state index >= 15 is 0 Å². The first-order valence-electron chi connectivity index (χ1n) is 3.82. The number of benzene rings is 1. The van der Waals surface area contributed by atoms with Crippen LogP contribution < -0.4 is 0 Å². The first-order chi connectivity index (χ1) is 6.00. The summed E-state index contributed by atoms with van der Waals surface area (Å²) in [4.78, 5) is 1.76. The number of phenolic OH excluding ortho intramolecular Hbond substituents is 1. The van der Waals surface area contributed by atoms with Gasteiger partial charge in [0, 0.05) is 18.2 Å². The molecule has 72 valence electrons. The van der Waals surface area contributed by atoms with Crippen molar-refractivity contribution in [2.45, 2.75) is 6.54 Å². The Morgan fingerprint density at radius 1 is 1.23 bits per heavy atom. The minimum atomic E-state index is -1.03.